The van der Waals surface area contributed by atoms with Crippen molar-refractivity contribution >= 4 is 0 Å². The summed E-state index contributed by atoms with van der Waals surface area (Å²) in [4.78, 5) is 5.58. The van der Waals surface area contributed by atoms with E-state index in [-0.39, 0.29) is 0 Å². The Morgan fingerprint density at radius 1 is 0.800 bits per heavy atom. The maximum Gasteiger partial charge on any atom is 0.0120 e. The third-order valence-electron chi connectivity index (χ3n) is 7.60. The van der Waals surface area contributed by atoms with Gasteiger partial charge in [-0.05, 0) is 102 Å². The Labute approximate surface area is 156 Å². The number of nitrogens with zero attached hydrogens (tertiary/aromatic N) is 2. The van der Waals surface area contributed by atoms with Gasteiger partial charge in [0.15, 0.2) is 0 Å². The zero-order chi connectivity index (χ0) is 17.9. The average molecular weight is 350 g/mol. The molecule has 0 amide bonds. The van der Waals surface area contributed by atoms with Gasteiger partial charge in [0.25, 0.3) is 0 Å². The second-order valence-electron chi connectivity index (χ2n) is 10.2. The molecule has 3 fully saturated rings. The molecule has 3 heteroatoms. The van der Waals surface area contributed by atoms with Crippen molar-refractivity contribution in [1.29, 1.82) is 0 Å². The highest BCUT2D eigenvalue weighted by atomic mass is 15.2. The van der Waals surface area contributed by atoms with Crippen LogP contribution in [0.3, 0.4) is 0 Å². The molecule has 0 aromatic heterocycles. The van der Waals surface area contributed by atoms with Crippen LogP contribution in [0.4, 0.5) is 0 Å². The average Bonchev–Trinajstić information content (AvgIpc) is 2.62. The van der Waals surface area contributed by atoms with Crippen molar-refractivity contribution in [3.8, 4) is 0 Å². The number of hydrogen-bond donors (Lipinski definition) is 1. The molecule has 25 heavy (non-hydrogen) atoms. The first-order valence-corrected chi connectivity index (χ1v) is 11.1. The van der Waals surface area contributed by atoms with Gasteiger partial charge in [-0.15, -0.1) is 0 Å². The molecule has 2 saturated heterocycles. The summed E-state index contributed by atoms with van der Waals surface area (Å²) in [5.41, 5.74) is 0.518. The zero-order valence-electron chi connectivity index (χ0n) is 17.4. The van der Waals surface area contributed by atoms with Crippen LogP contribution in [0.5, 0.6) is 0 Å². The smallest absolute Gasteiger partial charge is 0.0120 e. The van der Waals surface area contributed by atoms with E-state index in [1.807, 2.05) is 0 Å². The van der Waals surface area contributed by atoms with Crippen LogP contribution in [0, 0.1) is 17.3 Å². The molecule has 0 atom stereocenters. The van der Waals surface area contributed by atoms with Crippen LogP contribution in [-0.2, 0) is 0 Å². The minimum Gasteiger partial charge on any atom is -0.317 e. The highest BCUT2D eigenvalue weighted by Gasteiger charge is 2.32. The second-order valence-corrected chi connectivity index (χ2v) is 10.2. The number of nitrogens with one attached hydrogen (secondary N) is 1. The lowest BCUT2D eigenvalue weighted by atomic mass is 9.70. The predicted molar refractivity (Wildman–Crippen MR) is 108 cm³/mol. The topological polar surface area (TPSA) is 18.5 Å². The van der Waals surface area contributed by atoms with Crippen molar-refractivity contribution in [2.45, 2.75) is 84.2 Å². The van der Waals surface area contributed by atoms with Gasteiger partial charge in [0.05, 0.1) is 0 Å². The lowest BCUT2D eigenvalue weighted by Crippen LogP contribution is -2.50. The molecule has 2 heterocycles. The van der Waals surface area contributed by atoms with Crippen LogP contribution < -0.4 is 5.32 Å². The van der Waals surface area contributed by atoms with E-state index >= 15 is 0 Å². The maximum atomic E-state index is 3.46. The van der Waals surface area contributed by atoms with Crippen molar-refractivity contribution in [3.05, 3.63) is 0 Å². The Bertz CT molecular complexity index is 379. The van der Waals surface area contributed by atoms with E-state index in [2.05, 4.69) is 42.9 Å². The van der Waals surface area contributed by atoms with Crippen LogP contribution in [0.25, 0.3) is 0 Å². The fourth-order valence-electron chi connectivity index (χ4n) is 5.60. The summed E-state index contributed by atoms with van der Waals surface area (Å²) in [6, 6.07) is 1.63. The summed E-state index contributed by atoms with van der Waals surface area (Å²) in [6.07, 6.45) is 11.4. The normalized spacial score (nSPS) is 32.2. The zero-order valence-corrected chi connectivity index (χ0v) is 17.4. The summed E-state index contributed by atoms with van der Waals surface area (Å²) in [7, 11) is 2.12. The van der Waals surface area contributed by atoms with E-state index < -0.39 is 0 Å². The molecule has 0 bridgehead atoms. The van der Waals surface area contributed by atoms with Crippen LogP contribution >= 0.6 is 0 Å². The van der Waals surface area contributed by atoms with Crippen molar-refractivity contribution in [2.24, 2.45) is 17.3 Å². The molecule has 2 aliphatic heterocycles. The molecule has 0 spiro atoms. The Hall–Kier alpha value is -0.120. The van der Waals surface area contributed by atoms with Crippen LogP contribution in [0.1, 0.15) is 72.1 Å². The SMILES string of the molecule is CNC1CCN(C2CCN(CC3CCC(C(C)(C)C)CC3)CC2)CC1. The summed E-state index contributed by atoms with van der Waals surface area (Å²) in [5, 5.41) is 3.46. The first kappa shape index (κ1) is 19.6. The summed E-state index contributed by atoms with van der Waals surface area (Å²) < 4.78 is 0. The number of likely N-dealkylation sites (tertiary alicyclic amines) is 2. The Balaban J connectivity index is 1.35. The van der Waals surface area contributed by atoms with Crippen LogP contribution in [0.2, 0.25) is 0 Å². The molecule has 0 radical (unpaired) electrons. The molecule has 3 nitrogen and oxygen atoms in total. The van der Waals surface area contributed by atoms with Gasteiger partial charge in [0, 0.05) is 18.6 Å². The van der Waals surface area contributed by atoms with Crippen molar-refractivity contribution in [3.63, 3.8) is 0 Å². The molecule has 0 unspecified atom stereocenters. The van der Waals surface area contributed by atoms with E-state index in [4.69, 9.17) is 0 Å². The number of hydrogen-bond acceptors (Lipinski definition) is 3. The molecule has 1 saturated carbocycles. The molecule has 3 rings (SSSR count). The lowest BCUT2D eigenvalue weighted by molar-refractivity contribution is 0.0677. The van der Waals surface area contributed by atoms with Crippen molar-refractivity contribution in [1.82, 2.24) is 15.1 Å². The highest BCUT2D eigenvalue weighted by Crippen LogP contribution is 2.40. The minimum atomic E-state index is 0.518. The Morgan fingerprint density at radius 3 is 1.92 bits per heavy atom. The van der Waals surface area contributed by atoms with Crippen molar-refractivity contribution in [2.75, 3.05) is 39.8 Å². The van der Waals surface area contributed by atoms with E-state index in [0.29, 0.717) is 5.41 Å². The third-order valence-corrected chi connectivity index (χ3v) is 7.60. The predicted octanol–water partition coefficient (Wildman–Crippen LogP) is 3.99. The van der Waals surface area contributed by atoms with Crippen molar-refractivity contribution < 1.29 is 0 Å². The molecular formula is C22H43N3. The van der Waals surface area contributed by atoms with Gasteiger partial charge in [-0.2, -0.15) is 0 Å². The Morgan fingerprint density at radius 2 is 1.40 bits per heavy atom. The maximum absolute atomic E-state index is 3.46. The minimum absolute atomic E-state index is 0.518. The molecule has 0 aromatic carbocycles. The molecule has 1 N–H and O–H groups in total. The molecule has 3 aliphatic rings. The lowest BCUT2D eigenvalue weighted by Gasteiger charge is -2.43. The fourth-order valence-corrected chi connectivity index (χ4v) is 5.60. The van der Waals surface area contributed by atoms with E-state index in [1.165, 1.54) is 84.1 Å². The largest absolute Gasteiger partial charge is 0.317 e. The third kappa shape index (κ3) is 5.43. The summed E-state index contributed by atoms with van der Waals surface area (Å²) in [5.74, 6) is 1.93. The first-order valence-electron chi connectivity index (χ1n) is 11.1. The number of piperidine rings is 2. The number of rotatable bonds is 4. The highest BCUT2D eigenvalue weighted by molar-refractivity contribution is 4.86. The second kappa shape index (κ2) is 8.71. The quantitative estimate of drug-likeness (QED) is 0.828. The van der Waals surface area contributed by atoms with E-state index in [1.54, 1.807) is 0 Å². The first-order chi connectivity index (χ1) is 12.0. The van der Waals surface area contributed by atoms with Gasteiger partial charge in [-0.1, -0.05) is 20.8 Å². The van der Waals surface area contributed by atoms with Gasteiger partial charge < -0.3 is 15.1 Å². The molecular weight excluding hydrogens is 306 g/mol. The Kier molecular flexibility index (Phi) is 6.84. The van der Waals surface area contributed by atoms with Gasteiger partial charge >= 0.3 is 0 Å². The summed E-state index contributed by atoms with van der Waals surface area (Å²) in [6.45, 7) is 14.0. The van der Waals surface area contributed by atoms with E-state index in [9.17, 15) is 0 Å². The van der Waals surface area contributed by atoms with Gasteiger partial charge in [0.2, 0.25) is 0 Å². The molecule has 1 aliphatic carbocycles. The van der Waals surface area contributed by atoms with Crippen LogP contribution in [-0.4, -0.2) is 61.7 Å². The summed E-state index contributed by atoms with van der Waals surface area (Å²) >= 11 is 0. The van der Waals surface area contributed by atoms with E-state index in [0.717, 1.165) is 23.9 Å². The fraction of sp³-hybridized carbons (Fsp3) is 1.00. The van der Waals surface area contributed by atoms with Gasteiger partial charge in [-0.25, -0.2) is 0 Å². The molecule has 146 valence electrons. The molecule has 0 aromatic rings. The standard InChI is InChI=1S/C22H43N3/c1-22(2,3)19-7-5-18(6-8-19)17-24-13-11-21(12-14-24)25-15-9-20(23-4)10-16-25/h18-21,23H,5-17H2,1-4H3. The van der Waals surface area contributed by atoms with Gasteiger partial charge in [0.1, 0.15) is 0 Å². The monoisotopic (exact) mass is 349 g/mol. The van der Waals surface area contributed by atoms with Crippen LogP contribution in [0.15, 0.2) is 0 Å². The van der Waals surface area contributed by atoms with Gasteiger partial charge in [-0.3, -0.25) is 0 Å².